The lowest BCUT2D eigenvalue weighted by atomic mass is 10.1. The number of halogens is 1. The van der Waals surface area contributed by atoms with Crippen molar-refractivity contribution >= 4 is 34.6 Å². The highest BCUT2D eigenvalue weighted by Gasteiger charge is 2.31. The molecule has 0 fully saturated rings. The minimum atomic E-state index is -0.837. The summed E-state index contributed by atoms with van der Waals surface area (Å²) in [5.74, 6) is -0.0977. The third-order valence-electron chi connectivity index (χ3n) is 3.52. The molecule has 2 aromatic rings. The molecule has 0 spiro atoms. The molecule has 0 saturated carbocycles. The molecule has 0 radical (unpaired) electrons. The number of nitro groups is 1. The van der Waals surface area contributed by atoms with E-state index in [2.05, 4.69) is 0 Å². The Bertz CT molecular complexity index is 796. The van der Waals surface area contributed by atoms with Gasteiger partial charge in [0.2, 0.25) is 0 Å². The maximum absolute atomic E-state index is 11.5. The van der Waals surface area contributed by atoms with Gasteiger partial charge in [0.1, 0.15) is 5.75 Å². The zero-order valence-electron chi connectivity index (χ0n) is 11.8. The quantitative estimate of drug-likeness (QED) is 0.687. The lowest BCUT2D eigenvalue weighted by Crippen LogP contribution is -2.45. The highest BCUT2D eigenvalue weighted by molar-refractivity contribution is 6.33. The number of carbonyl (C=O) groups excluding carboxylic acids is 1. The number of rotatable bonds is 3. The second-order valence-electron chi connectivity index (χ2n) is 4.98. The first kappa shape index (κ1) is 15.1. The number of nitrogens with zero attached hydrogens (tertiary/aromatic N) is 2. The number of para-hydroxylation sites is 2. The molecule has 0 unspecified atom stereocenters. The van der Waals surface area contributed by atoms with Gasteiger partial charge in [0.05, 0.1) is 27.9 Å². The predicted octanol–water partition coefficient (Wildman–Crippen LogP) is 2.63. The summed E-state index contributed by atoms with van der Waals surface area (Å²) >= 11 is 6.20. The van der Waals surface area contributed by atoms with E-state index in [1.165, 1.54) is 12.1 Å². The van der Waals surface area contributed by atoms with Crippen LogP contribution in [0.2, 0.25) is 5.02 Å². The molecule has 2 aromatic carbocycles. The van der Waals surface area contributed by atoms with Crippen LogP contribution in [0.3, 0.4) is 0 Å². The number of hydrogen-bond donors (Lipinski definition) is 1. The number of nitrogens with two attached hydrogens (primary N) is 1. The Morgan fingerprint density at radius 2 is 2.04 bits per heavy atom. The summed E-state index contributed by atoms with van der Waals surface area (Å²) in [7, 11) is 0. The summed E-state index contributed by atoms with van der Waals surface area (Å²) in [5, 5.41) is 11.0. The summed E-state index contributed by atoms with van der Waals surface area (Å²) in [4.78, 5) is 23.6. The van der Waals surface area contributed by atoms with Gasteiger partial charge in [0.25, 0.3) is 11.6 Å². The molecule has 1 atom stereocenters. The second-order valence-corrected chi connectivity index (χ2v) is 5.39. The van der Waals surface area contributed by atoms with Crippen molar-refractivity contribution in [3.63, 3.8) is 0 Å². The number of primary amides is 1. The van der Waals surface area contributed by atoms with Gasteiger partial charge in [-0.2, -0.15) is 0 Å². The first-order valence-corrected chi connectivity index (χ1v) is 7.11. The van der Waals surface area contributed by atoms with E-state index >= 15 is 0 Å². The Hall–Kier alpha value is -2.80. The number of ether oxygens (including phenoxy) is 1. The van der Waals surface area contributed by atoms with Gasteiger partial charge in [-0.25, -0.2) is 0 Å². The van der Waals surface area contributed by atoms with E-state index in [-0.39, 0.29) is 17.3 Å². The van der Waals surface area contributed by atoms with Crippen molar-refractivity contribution in [1.29, 1.82) is 0 Å². The van der Waals surface area contributed by atoms with Gasteiger partial charge in [0.15, 0.2) is 6.10 Å². The molecular weight excluding hydrogens is 322 g/mol. The van der Waals surface area contributed by atoms with Crippen molar-refractivity contribution in [2.45, 2.75) is 6.10 Å². The van der Waals surface area contributed by atoms with Gasteiger partial charge in [-0.05, 0) is 18.2 Å². The molecule has 1 heterocycles. The zero-order chi connectivity index (χ0) is 16.6. The standard InChI is InChI=1S/C15H12ClN3O4/c16-10-7-9(19(21)22)5-6-11(10)18-8-14(15(17)20)23-13-4-2-1-3-12(13)18/h1-7,14H,8H2,(H2,17,20)/t14-/m1/s1. The molecule has 0 bridgehead atoms. The highest BCUT2D eigenvalue weighted by Crippen LogP contribution is 2.41. The molecule has 0 aliphatic carbocycles. The number of non-ortho nitro benzene ring substituents is 1. The number of amides is 1. The fraction of sp³-hybridized carbons (Fsp3) is 0.133. The Labute approximate surface area is 136 Å². The van der Waals surface area contributed by atoms with Gasteiger partial charge in [-0.15, -0.1) is 0 Å². The molecule has 118 valence electrons. The van der Waals surface area contributed by atoms with Crippen molar-refractivity contribution in [3.05, 3.63) is 57.6 Å². The number of fused-ring (bicyclic) bond motifs is 1. The molecule has 1 amide bonds. The maximum atomic E-state index is 11.5. The lowest BCUT2D eigenvalue weighted by molar-refractivity contribution is -0.384. The fourth-order valence-electron chi connectivity index (χ4n) is 2.44. The largest absolute Gasteiger partial charge is 0.477 e. The third kappa shape index (κ3) is 2.78. The predicted molar refractivity (Wildman–Crippen MR) is 85.2 cm³/mol. The first-order chi connectivity index (χ1) is 11.0. The van der Waals surface area contributed by atoms with E-state index in [1.54, 1.807) is 23.1 Å². The van der Waals surface area contributed by atoms with Crippen LogP contribution in [0.25, 0.3) is 0 Å². The molecule has 8 heteroatoms. The second kappa shape index (κ2) is 5.77. The smallest absolute Gasteiger partial charge is 0.271 e. The Morgan fingerprint density at radius 3 is 2.70 bits per heavy atom. The first-order valence-electron chi connectivity index (χ1n) is 6.74. The molecule has 7 nitrogen and oxygen atoms in total. The monoisotopic (exact) mass is 333 g/mol. The van der Waals surface area contributed by atoms with Crippen LogP contribution in [0.1, 0.15) is 0 Å². The molecular formula is C15H12ClN3O4. The van der Waals surface area contributed by atoms with Crippen LogP contribution in [-0.2, 0) is 4.79 Å². The molecule has 23 heavy (non-hydrogen) atoms. The van der Waals surface area contributed by atoms with Crippen LogP contribution in [-0.4, -0.2) is 23.5 Å². The van der Waals surface area contributed by atoms with E-state index in [1.807, 2.05) is 12.1 Å². The summed E-state index contributed by atoms with van der Waals surface area (Å²) in [6.07, 6.45) is -0.837. The Balaban J connectivity index is 2.07. The minimum Gasteiger partial charge on any atom is -0.477 e. The fourth-order valence-corrected chi connectivity index (χ4v) is 2.72. The normalized spacial score (nSPS) is 16.4. The topological polar surface area (TPSA) is 98.7 Å². The van der Waals surface area contributed by atoms with Crippen LogP contribution in [0.5, 0.6) is 5.75 Å². The van der Waals surface area contributed by atoms with Crippen LogP contribution >= 0.6 is 11.6 Å². The van der Waals surface area contributed by atoms with Crippen molar-refractivity contribution < 1.29 is 14.5 Å². The molecule has 3 rings (SSSR count). The van der Waals surface area contributed by atoms with Crippen LogP contribution in [0, 0.1) is 10.1 Å². The van der Waals surface area contributed by atoms with Gasteiger partial charge in [0, 0.05) is 12.1 Å². The minimum absolute atomic E-state index is 0.105. The Morgan fingerprint density at radius 1 is 1.30 bits per heavy atom. The van der Waals surface area contributed by atoms with Gasteiger partial charge in [-0.3, -0.25) is 14.9 Å². The number of nitro benzene ring substituents is 1. The number of hydrogen-bond acceptors (Lipinski definition) is 5. The zero-order valence-corrected chi connectivity index (χ0v) is 12.6. The van der Waals surface area contributed by atoms with E-state index in [9.17, 15) is 14.9 Å². The summed E-state index contributed by atoms with van der Waals surface area (Å²) in [6.45, 7) is 0.171. The van der Waals surface area contributed by atoms with Gasteiger partial charge >= 0.3 is 0 Å². The molecule has 2 N–H and O–H groups in total. The van der Waals surface area contributed by atoms with E-state index in [0.717, 1.165) is 0 Å². The maximum Gasteiger partial charge on any atom is 0.271 e. The third-order valence-corrected chi connectivity index (χ3v) is 3.83. The Kier molecular flexibility index (Phi) is 3.79. The van der Waals surface area contributed by atoms with Crippen LogP contribution < -0.4 is 15.4 Å². The average molecular weight is 334 g/mol. The van der Waals surface area contributed by atoms with E-state index in [0.29, 0.717) is 17.1 Å². The number of carbonyl (C=O) groups is 1. The molecule has 0 aromatic heterocycles. The molecule has 0 saturated heterocycles. The summed E-state index contributed by atoms with van der Waals surface area (Å²) < 4.78 is 5.58. The van der Waals surface area contributed by atoms with Crippen molar-refractivity contribution in [1.82, 2.24) is 0 Å². The van der Waals surface area contributed by atoms with E-state index < -0.39 is 16.9 Å². The molecule has 1 aliphatic rings. The SMILES string of the molecule is NC(=O)[C@H]1CN(c2ccc([N+](=O)[O-])cc2Cl)c2ccccc2O1. The number of anilines is 2. The van der Waals surface area contributed by atoms with Crippen molar-refractivity contribution in [3.8, 4) is 5.75 Å². The number of benzene rings is 2. The van der Waals surface area contributed by atoms with E-state index in [4.69, 9.17) is 22.1 Å². The van der Waals surface area contributed by atoms with Crippen LogP contribution in [0.4, 0.5) is 17.1 Å². The van der Waals surface area contributed by atoms with Crippen molar-refractivity contribution in [2.24, 2.45) is 5.73 Å². The van der Waals surface area contributed by atoms with Gasteiger partial charge in [-0.1, -0.05) is 23.7 Å². The van der Waals surface area contributed by atoms with Gasteiger partial charge < -0.3 is 15.4 Å². The van der Waals surface area contributed by atoms with Crippen molar-refractivity contribution in [2.75, 3.05) is 11.4 Å². The molecule has 1 aliphatic heterocycles. The average Bonchev–Trinajstić information content (AvgIpc) is 2.53. The summed E-state index contributed by atoms with van der Waals surface area (Å²) in [5.41, 5.74) is 6.50. The van der Waals surface area contributed by atoms with Crippen LogP contribution in [0.15, 0.2) is 42.5 Å². The highest BCUT2D eigenvalue weighted by atomic mass is 35.5. The summed E-state index contributed by atoms with van der Waals surface area (Å²) in [6, 6.07) is 11.3. The lowest BCUT2D eigenvalue weighted by Gasteiger charge is -2.35.